The number of ether oxygens (including phenoxy) is 1. The Bertz CT molecular complexity index is 511. The van der Waals surface area contributed by atoms with Gasteiger partial charge in [-0.1, -0.05) is 46.9 Å². The van der Waals surface area contributed by atoms with Crippen molar-refractivity contribution >= 4 is 34.8 Å². The van der Waals surface area contributed by atoms with Gasteiger partial charge in [-0.2, -0.15) is 0 Å². The molecule has 2 aromatic rings. The van der Waals surface area contributed by atoms with Crippen LogP contribution in [0.1, 0.15) is 5.69 Å². The van der Waals surface area contributed by atoms with Gasteiger partial charge in [-0.25, -0.2) is 4.98 Å². The van der Waals surface area contributed by atoms with Crippen molar-refractivity contribution in [3.8, 4) is 5.75 Å². The van der Waals surface area contributed by atoms with E-state index in [9.17, 15) is 0 Å². The zero-order chi connectivity index (χ0) is 12.3. The fraction of sp³-hybridized carbons (Fsp3) is 0.0833. The molecule has 0 spiro atoms. The largest absolute Gasteiger partial charge is 0.484 e. The average molecular weight is 289 g/mol. The molecule has 17 heavy (non-hydrogen) atoms. The quantitative estimate of drug-likeness (QED) is 0.769. The summed E-state index contributed by atoms with van der Waals surface area (Å²) in [5, 5.41) is 1.37. The van der Waals surface area contributed by atoms with Gasteiger partial charge in [0.05, 0.1) is 15.7 Å². The van der Waals surface area contributed by atoms with E-state index in [1.807, 2.05) is 12.1 Å². The number of halogens is 3. The highest BCUT2D eigenvalue weighted by molar-refractivity contribution is 6.37. The highest BCUT2D eigenvalue weighted by Crippen LogP contribution is 2.32. The maximum Gasteiger partial charge on any atom is 0.157 e. The molecule has 0 saturated carbocycles. The Balaban J connectivity index is 2.13. The lowest BCUT2D eigenvalue weighted by molar-refractivity contribution is 0.302. The molecule has 2 rings (SSSR count). The Labute approximate surface area is 114 Å². The van der Waals surface area contributed by atoms with E-state index < -0.39 is 0 Å². The van der Waals surface area contributed by atoms with Crippen molar-refractivity contribution in [2.75, 3.05) is 0 Å². The second-order valence-electron chi connectivity index (χ2n) is 3.29. The fourth-order valence-electron chi connectivity index (χ4n) is 1.30. The molecule has 5 heteroatoms. The summed E-state index contributed by atoms with van der Waals surface area (Å²) in [7, 11) is 0. The number of nitrogens with zero attached hydrogens (tertiary/aromatic N) is 1. The normalized spacial score (nSPS) is 10.3. The predicted octanol–water partition coefficient (Wildman–Crippen LogP) is 4.62. The topological polar surface area (TPSA) is 22.1 Å². The zero-order valence-corrected chi connectivity index (χ0v) is 10.9. The first-order valence-electron chi connectivity index (χ1n) is 4.85. The van der Waals surface area contributed by atoms with E-state index in [0.29, 0.717) is 26.6 Å². The van der Waals surface area contributed by atoms with Crippen molar-refractivity contribution < 1.29 is 4.74 Å². The summed E-state index contributed by atoms with van der Waals surface area (Å²) in [4.78, 5) is 4.10. The maximum absolute atomic E-state index is 5.97. The van der Waals surface area contributed by atoms with Crippen LogP contribution in [0.15, 0.2) is 36.4 Å². The first-order chi connectivity index (χ1) is 8.16. The molecule has 0 saturated heterocycles. The third-order valence-electron chi connectivity index (χ3n) is 2.06. The summed E-state index contributed by atoms with van der Waals surface area (Å²) >= 11 is 17.7. The molecule has 0 atom stereocenters. The lowest BCUT2D eigenvalue weighted by atomic mass is 10.3. The van der Waals surface area contributed by atoms with E-state index in [2.05, 4.69) is 4.98 Å². The smallest absolute Gasteiger partial charge is 0.157 e. The molecule has 0 aliphatic carbocycles. The number of rotatable bonds is 3. The highest BCUT2D eigenvalue weighted by atomic mass is 35.5. The van der Waals surface area contributed by atoms with Crippen LogP contribution >= 0.6 is 34.8 Å². The lowest BCUT2D eigenvalue weighted by Gasteiger charge is -2.09. The Morgan fingerprint density at radius 2 is 1.59 bits per heavy atom. The van der Waals surface area contributed by atoms with Gasteiger partial charge < -0.3 is 4.74 Å². The van der Waals surface area contributed by atoms with Crippen LogP contribution in [-0.2, 0) is 6.61 Å². The van der Waals surface area contributed by atoms with Gasteiger partial charge >= 0.3 is 0 Å². The van der Waals surface area contributed by atoms with Crippen molar-refractivity contribution in [1.82, 2.24) is 4.98 Å². The minimum atomic E-state index is 0.268. The summed E-state index contributed by atoms with van der Waals surface area (Å²) in [5.41, 5.74) is 0.716. The highest BCUT2D eigenvalue weighted by Gasteiger charge is 2.07. The van der Waals surface area contributed by atoms with Crippen LogP contribution in [-0.4, -0.2) is 4.98 Å². The maximum atomic E-state index is 5.97. The van der Waals surface area contributed by atoms with Gasteiger partial charge in [0.2, 0.25) is 0 Å². The number of hydrogen-bond donors (Lipinski definition) is 0. The van der Waals surface area contributed by atoms with Gasteiger partial charge in [0.1, 0.15) is 11.8 Å². The molecule has 0 N–H and O–H groups in total. The second-order valence-corrected chi connectivity index (χ2v) is 4.49. The van der Waals surface area contributed by atoms with Crippen LogP contribution in [0.25, 0.3) is 0 Å². The SMILES string of the molecule is Clc1cccc(COc2c(Cl)cccc2Cl)n1. The van der Waals surface area contributed by atoms with Crippen molar-refractivity contribution in [1.29, 1.82) is 0 Å². The number of hydrogen-bond acceptors (Lipinski definition) is 2. The molecule has 0 aliphatic heterocycles. The van der Waals surface area contributed by atoms with E-state index in [1.54, 1.807) is 24.3 Å². The minimum absolute atomic E-state index is 0.268. The second kappa shape index (κ2) is 5.58. The van der Waals surface area contributed by atoms with Gasteiger partial charge in [-0.05, 0) is 24.3 Å². The molecule has 88 valence electrons. The number of aromatic nitrogens is 1. The van der Waals surface area contributed by atoms with Gasteiger partial charge in [-0.15, -0.1) is 0 Å². The Kier molecular flexibility index (Phi) is 4.11. The van der Waals surface area contributed by atoms with Crippen LogP contribution in [0.3, 0.4) is 0 Å². The lowest BCUT2D eigenvalue weighted by Crippen LogP contribution is -1.99. The van der Waals surface area contributed by atoms with Gasteiger partial charge in [0, 0.05) is 0 Å². The summed E-state index contributed by atoms with van der Waals surface area (Å²) < 4.78 is 5.52. The minimum Gasteiger partial charge on any atom is -0.484 e. The summed E-state index contributed by atoms with van der Waals surface area (Å²) in [6, 6.07) is 10.5. The van der Waals surface area contributed by atoms with Gasteiger partial charge in [-0.3, -0.25) is 0 Å². The number of pyridine rings is 1. The van der Waals surface area contributed by atoms with Crippen LogP contribution in [0.4, 0.5) is 0 Å². The Hall–Kier alpha value is -0.960. The standard InChI is InChI=1S/C12H8Cl3NO/c13-9-4-2-5-10(14)12(9)17-7-8-3-1-6-11(15)16-8/h1-6H,7H2. The van der Waals surface area contributed by atoms with Crippen LogP contribution < -0.4 is 4.74 Å². The average Bonchev–Trinajstić information content (AvgIpc) is 2.28. The van der Waals surface area contributed by atoms with E-state index in [-0.39, 0.29) is 6.61 Å². The molecular formula is C12H8Cl3NO. The third-order valence-corrected chi connectivity index (χ3v) is 2.86. The summed E-state index contributed by atoms with van der Waals surface area (Å²) in [6.07, 6.45) is 0. The Morgan fingerprint density at radius 1 is 0.941 bits per heavy atom. The van der Waals surface area contributed by atoms with E-state index in [4.69, 9.17) is 39.5 Å². The molecular weight excluding hydrogens is 280 g/mol. The molecule has 2 nitrogen and oxygen atoms in total. The van der Waals surface area contributed by atoms with E-state index in [1.165, 1.54) is 0 Å². The van der Waals surface area contributed by atoms with Crippen LogP contribution in [0, 0.1) is 0 Å². The van der Waals surface area contributed by atoms with Crippen LogP contribution in [0.2, 0.25) is 15.2 Å². The number of benzene rings is 1. The molecule has 0 fully saturated rings. The number of para-hydroxylation sites is 1. The van der Waals surface area contributed by atoms with Crippen LogP contribution in [0.5, 0.6) is 5.75 Å². The van der Waals surface area contributed by atoms with E-state index in [0.717, 1.165) is 0 Å². The molecule has 0 unspecified atom stereocenters. The molecule has 1 aromatic carbocycles. The van der Waals surface area contributed by atoms with Crippen molar-refractivity contribution in [3.05, 3.63) is 57.3 Å². The molecule has 0 bridgehead atoms. The predicted molar refractivity (Wildman–Crippen MR) is 70.0 cm³/mol. The molecule has 1 aromatic heterocycles. The summed E-state index contributed by atoms with van der Waals surface area (Å²) in [6.45, 7) is 0.268. The monoisotopic (exact) mass is 287 g/mol. The molecule has 0 radical (unpaired) electrons. The molecule has 0 aliphatic rings. The molecule has 0 amide bonds. The van der Waals surface area contributed by atoms with Gasteiger partial charge in [0.25, 0.3) is 0 Å². The first-order valence-corrected chi connectivity index (χ1v) is 5.98. The fourth-order valence-corrected chi connectivity index (χ4v) is 1.99. The van der Waals surface area contributed by atoms with Gasteiger partial charge in [0.15, 0.2) is 5.75 Å². The van der Waals surface area contributed by atoms with Crippen molar-refractivity contribution in [3.63, 3.8) is 0 Å². The molecule has 1 heterocycles. The Morgan fingerprint density at radius 3 is 2.24 bits per heavy atom. The zero-order valence-electron chi connectivity index (χ0n) is 8.66. The van der Waals surface area contributed by atoms with E-state index >= 15 is 0 Å². The van der Waals surface area contributed by atoms with Crippen molar-refractivity contribution in [2.45, 2.75) is 6.61 Å². The third kappa shape index (κ3) is 3.25. The van der Waals surface area contributed by atoms with Crippen molar-refractivity contribution in [2.24, 2.45) is 0 Å². The first kappa shape index (κ1) is 12.5. The summed E-state index contributed by atoms with van der Waals surface area (Å²) in [5.74, 6) is 0.456.